The lowest BCUT2D eigenvalue weighted by Crippen LogP contribution is -2.36. The van der Waals surface area contributed by atoms with Gasteiger partial charge in [0.2, 0.25) is 0 Å². The number of rotatable bonds is 3. The van der Waals surface area contributed by atoms with Crippen molar-refractivity contribution in [2.45, 2.75) is 19.3 Å². The van der Waals surface area contributed by atoms with Crippen LogP contribution in [0.3, 0.4) is 0 Å². The highest BCUT2D eigenvalue weighted by molar-refractivity contribution is 6.33. The molecule has 2 heterocycles. The fourth-order valence-corrected chi connectivity index (χ4v) is 2.82. The van der Waals surface area contributed by atoms with E-state index in [9.17, 15) is 4.79 Å². The van der Waals surface area contributed by atoms with Crippen molar-refractivity contribution in [3.05, 3.63) is 53.2 Å². The lowest BCUT2D eigenvalue weighted by molar-refractivity contribution is 0.0725. The van der Waals surface area contributed by atoms with Crippen LogP contribution in [0.2, 0.25) is 5.02 Å². The number of nitrogens with zero attached hydrogens (tertiary/aromatic N) is 2. The molecule has 5 heteroatoms. The number of nitrogens with one attached hydrogen (secondary N) is 1. The molecule has 0 spiro atoms. The Labute approximate surface area is 135 Å². The maximum Gasteiger partial charge on any atom is 0.257 e. The fraction of sp³-hybridized carbons (Fsp3) is 0.294. The average Bonchev–Trinajstić information content (AvgIpc) is 2.58. The molecule has 0 saturated carbocycles. The topological polar surface area (TPSA) is 45.2 Å². The second kappa shape index (κ2) is 6.79. The van der Waals surface area contributed by atoms with E-state index in [-0.39, 0.29) is 5.91 Å². The normalized spacial score (nSPS) is 14.7. The molecule has 1 amide bonds. The maximum atomic E-state index is 12.7. The van der Waals surface area contributed by atoms with Crippen molar-refractivity contribution < 1.29 is 4.79 Å². The van der Waals surface area contributed by atoms with E-state index in [2.05, 4.69) is 10.3 Å². The predicted octanol–water partition coefficient (Wildman–Crippen LogP) is 4.10. The second-order valence-electron chi connectivity index (χ2n) is 5.36. The molecule has 0 atom stereocenters. The van der Waals surface area contributed by atoms with Crippen LogP contribution in [0.25, 0.3) is 0 Å². The van der Waals surface area contributed by atoms with Gasteiger partial charge >= 0.3 is 0 Å². The summed E-state index contributed by atoms with van der Waals surface area (Å²) in [7, 11) is 0. The average molecular weight is 316 g/mol. The van der Waals surface area contributed by atoms with Crippen molar-refractivity contribution in [1.82, 2.24) is 9.88 Å². The number of aromatic nitrogens is 1. The quantitative estimate of drug-likeness (QED) is 0.927. The van der Waals surface area contributed by atoms with Crippen molar-refractivity contribution in [1.29, 1.82) is 0 Å². The summed E-state index contributed by atoms with van der Waals surface area (Å²) >= 11 is 6.17. The van der Waals surface area contributed by atoms with Gasteiger partial charge in [0, 0.05) is 19.3 Å². The van der Waals surface area contributed by atoms with Crippen molar-refractivity contribution in [2.75, 3.05) is 18.4 Å². The van der Waals surface area contributed by atoms with Gasteiger partial charge in [-0.05, 0) is 43.5 Å². The van der Waals surface area contributed by atoms with Crippen molar-refractivity contribution in [2.24, 2.45) is 0 Å². The van der Waals surface area contributed by atoms with Crippen LogP contribution in [0.1, 0.15) is 29.6 Å². The van der Waals surface area contributed by atoms with Crippen molar-refractivity contribution in [3.8, 4) is 0 Å². The van der Waals surface area contributed by atoms with Gasteiger partial charge in [0.15, 0.2) is 0 Å². The first-order chi connectivity index (χ1) is 10.8. The highest BCUT2D eigenvalue weighted by Crippen LogP contribution is 2.26. The van der Waals surface area contributed by atoms with Gasteiger partial charge in [0.1, 0.15) is 5.82 Å². The molecule has 2 aromatic rings. The molecule has 1 aliphatic heterocycles. The number of benzene rings is 1. The zero-order valence-electron chi connectivity index (χ0n) is 12.3. The monoisotopic (exact) mass is 315 g/mol. The summed E-state index contributed by atoms with van der Waals surface area (Å²) in [5.74, 6) is 0.577. The van der Waals surface area contributed by atoms with Gasteiger partial charge in [-0.2, -0.15) is 0 Å². The van der Waals surface area contributed by atoms with Crippen LogP contribution >= 0.6 is 11.6 Å². The molecule has 1 saturated heterocycles. The Hall–Kier alpha value is -2.07. The van der Waals surface area contributed by atoms with E-state index in [4.69, 9.17) is 11.6 Å². The van der Waals surface area contributed by atoms with Gasteiger partial charge in [0.05, 0.1) is 16.3 Å². The van der Waals surface area contributed by atoms with E-state index < -0.39 is 0 Å². The molecule has 0 unspecified atom stereocenters. The van der Waals surface area contributed by atoms with Crippen LogP contribution in [-0.2, 0) is 0 Å². The maximum absolute atomic E-state index is 12.7. The number of carbonyl (C=O) groups excluding carboxylic acids is 1. The third kappa shape index (κ3) is 3.22. The molecular formula is C17H18ClN3O. The lowest BCUT2D eigenvalue weighted by Gasteiger charge is -2.27. The van der Waals surface area contributed by atoms with E-state index >= 15 is 0 Å². The predicted molar refractivity (Wildman–Crippen MR) is 88.7 cm³/mol. The Balaban J connectivity index is 1.86. The number of amides is 1. The Kier molecular flexibility index (Phi) is 4.59. The summed E-state index contributed by atoms with van der Waals surface area (Å²) < 4.78 is 0. The van der Waals surface area contributed by atoms with Crippen molar-refractivity contribution >= 4 is 29.0 Å². The molecule has 4 nitrogen and oxygen atoms in total. The summed E-state index contributed by atoms with van der Waals surface area (Å²) in [6.07, 6.45) is 5.01. The van der Waals surface area contributed by atoms with Gasteiger partial charge < -0.3 is 10.2 Å². The second-order valence-corrected chi connectivity index (χ2v) is 5.76. The molecule has 22 heavy (non-hydrogen) atoms. The van der Waals surface area contributed by atoms with E-state index in [1.165, 1.54) is 6.42 Å². The van der Waals surface area contributed by atoms with Gasteiger partial charge in [0.25, 0.3) is 5.91 Å². The molecule has 0 radical (unpaired) electrons. The Morgan fingerprint density at radius 1 is 1.09 bits per heavy atom. The third-order valence-electron chi connectivity index (χ3n) is 3.81. The highest BCUT2D eigenvalue weighted by atomic mass is 35.5. The van der Waals surface area contributed by atoms with Gasteiger partial charge in [-0.1, -0.05) is 23.7 Å². The summed E-state index contributed by atoms with van der Waals surface area (Å²) in [6, 6.07) is 11.0. The van der Waals surface area contributed by atoms with E-state index in [0.29, 0.717) is 16.4 Å². The zero-order valence-corrected chi connectivity index (χ0v) is 13.0. The molecule has 1 fully saturated rings. The zero-order chi connectivity index (χ0) is 15.4. The first-order valence-corrected chi connectivity index (χ1v) is 7.89. The lowest BCUT2D eigenvalue weighted by atomic mass is 10.1. The van der Waals surface area contributed by atoms with Crippen LogP contribution in [0.15, 0.2) is 42.6 Å². The third-order valence-corrected chi connectivity index (χ3v) is 4.14. The number of halogens is 1. The van der Waals surface area contributed by atoms with Crippen LogP contribution < -0.4 is 5.32 Å². The number of carbonyl (C=O) groups is 1. The summed E-state index contributed by atoms with van der Waals surface area (Å²) in [4.78, 5) is 18.9. The van der Waals surface area contributed by atoms with Crippen LogP contribution in [0, 0.1) is 0 Å². The van der Waals surface area contributed by atoms with E-state index in [1.54, 1.807) is 18.3 Å². The van der Waals surface area contributed by atoms with E-state index in [1.807, 2.05) is 29.2 Å². The molecule has 0 aliphatic carbocycles. The van der Waals surface area contributed by atoms with Gasteiger partial charge in [-0.15, -0.1) is 0 Å². The molecule has 114 valence electrons. The largest absolute Gasteiger partial charge is 0.339 e. The number of para-hydroxylation sites is 1. The number of anilines is 2. The van der Waals surface area contributed by atoms with Gasteiger partial charge in [-0.25, -0.2) is 4.98 Å². The standard InChI is InChI=1S/C17H18ClN3O/c18-14-8-2-3-9-15(14)20-16-13(7-6-10-19-16)17(22)21-11-4-1-5-12-21/h2-3,6-10H,1,4-5,11-12H2,(H,19,20). The molecule has 3 rings (SSSR count). The minimum absolute atomic E-state index is 0.0300. The molecular weight excluding hydrogens is 298 g/mol. The molecule has 1 aromatic heterocycles. The first kappa shape index (κ1) is 14.9. The smallest absolute Gasteiger partial charge is 0.257 e. The minimum atomic E-state index is 0.0300. The number of pyridine rings is 1. The Bertz CT molecular complexity index is 668. The minimum Gasteiger partial charge on any atom is -0.339 e. The van der Waals surface area contributed by atoms with Crippen LogP contribution in [0.4, 0.5) is 11.5 Å². The molecule has 1 aromatic carbocycles. The number of piperidine rings is 1. The fourth-order valence-electron chi connectivity index (χ4n) is 2.63. The first-order valence-electron chi connectivity index (χ1n) is 7.51. The molecule has 1 N–H and O–H groups in total. The van der Waals surface area contributed by atoms with Crippen LogP contribution in [-0.4, -0.2) is 28.9 Å². The van der Waals surface area contributed by atoms with Crippen LogP contribution in [0.5, 0.6) is 0 Å². The Morgan fingerprint density at radius 2 is 1.86 bits per heavy atom. The molecule has 1 aliphatic rings. The number of hydrogen-bond donors (Lipinski definition) is 1. The number of hydrogen-bond acceptors (Lipinski definition) is 3. The molecule has 0 bridgehead atoms. The highest BCUT2D eigenvalue weighted by Gasteiger charge is 2.21. The summed E-state index contributed by atoms with van der Waals surface area (Å²) in [6.45, 7) is 1.64. The van der Waals surface area contributed by atoms with Crippen molar-refractivity contribution in [3.63, 3.8) is 0 Å². The Morgan fingerprint density at radius 3 is 2.64 bits per heavy atom. The SMILES string of the molecule is O=C(c1cccnc1Nc1ccccc1Cl)N1CCCCC1. The number of likely N-dealkylation sites (tertiary alicyclic amines) is 1. The summed E-state index contributed by atoms with van der Waals surface area (Å²) in [5.41, 5.74) is 1.33. The van der Waals surface area contributed by atoms with Gasteiger partial charge in [-0.3, -0.25) is 4.79 Å². The van der Waals surface area contributed by atoms with E-state index in [0.717, 1.165) is 31.6 Å². The summed E-state index contributed by atoms with van der Waals surface area (Å²) in [5, 5.41) is 3.77.